The minimum absolute atomic E-state index is 0.134. The van der Waals surface area contributed by atoms with Crippen LogP contribution in [0.25, 0.3) is 0 Å². The zero-order chi connectivity index (χ0) is 22.3. The van der Waals surface area contributed by atoms with E-state index in [0.29, 0.717) is 7.14 Å². The molecule has 2 rings (SSSR count). The molecule has 0 N–H and O–H groups in total. The summed E-state index contributed by atoms with van der Waals surface area (Å²) in [6.45, 7) is 12.1. The fraction of sp³-hybridized carbons (Fsp3) is 0.429. The predicted octanol–water partition coefficient (Wildman–Crippen LogP) is 6.61. The summed E-state index contributed by atoms with van der Waals surface area (Å²) in [5.41, 5.74) is -3.73. The summed E-state index contributed by atoms with van der Waals surface area (Å²) in [5, 5.41) is 0. The van der Waals surface area contributed by atoms with E-state index in [9.17, 15) is 21.6 Å². The molecule has 0 aliphatic rings. The minimum atomic E-state index is -5.70. The van der Waals surface area contributed by atoms with Crippen LogP contribution >= 0.6 is 20.2 Å². The topological polar surface area (TPSA) is 43.4 Å². The zero-order valence-corrected chi connectivity index (χ0v) is 20.2. The summed E-state index contributed by atoms with van der Waals surface area (Å²) >= 11 is -3.35. The molecule has 0 saturated heterocycles. The molecule has 0 radical (unpaired) electrons. The molecule has 0 amide bonds. The van der Waals surface area contributed by atoms with Crippen molar-refractivity contribution in [2.75, 3.05) is 0 Å². The van der Waals surface area contributed by atoms with Crippen LogP contribution in [-0.2, 0) is 23.5 Å². The second-order valence-electron chi connectivity index (χ2n) is 8.73. The molecule has 0 aliphatic carbocycles. The maximum atomic E-state index is 13.0. The quantitative estimate of drug-likeness (QED) is 0.323. The standard InChI is InChI=1S/C21H26F3IO3S/c1-19(2,3)15-7-11-17(12-8-15)25(28-29(26,27)21(22,23)24)18-13-9-16(10-14-18)20(4,5)6/h7-14H,1-6H3. The Labute approximate surface area is 178 Å². The van der Waals surface area contributed by atoms with E-state index >= 15 is 0 Å². The molecule has 162 valence electrons. The van der Waals surface area contributed by atoms with Gasteiger partial charge < -0.3 is 0 Å². The van der Waals surface area contributed by atoms with E-state index in [1.807, 2.05) is 65.8 Å². The third-order valence-corrected chi connectivity index (χ3v) is 11.3. The predicted molar refractivity (Wildman–Crippen MR) is 118 cm³/mol. The summed E-state index contributed by atoms with van der Waals surface area (Å²) in [5.74, 6) is 0. The van der Waals surface area contributed by atoms with Crippen LogP contribution < -0.4 is 0 Å². The van der Waals surface area contributed by atoms with E-state index in [0.717, 1.165) is 11.1 Å². The number of rotatable bonds is 4. The Hall–Kier alpha value is -1.13. The third-order valence-electron chi connectivity index (χ3n) is 4.25. The Morgan fingerprint density at radius 2 is 1.00 bits per heavy atom. The van der Waals surface area contributed by atoms with Gasteiger partial charge in [-0.3, -0.25) is 0 Å². The van der Waals surface area contributed by atoms with Gasteiger partial charge in [-0.05, 0) is 0 Å². The van der Waals surface area contributed by atoms with Gasteiger partial charge in [-0.1, -0.05) is 0 Å². The van der Waals surface area contributed by atoms with Crippen LogP contribution in [0.15, 0.2) is 48.5 Å². The molecule has 8 heteroatoms. The second-order valence-corrected chi connectivity index (χ2v) is 15.2. The van der Waals surface area contributed by atoms with Crippen molar-refractivity contribution in [1.29, 1.82) is 0 Å². The van der Waals surface area contributed by atoms with E-state index in [-0.39, 0.29) is 10.8 Å². The summed E-state index contributed by atoms with van der Waals surface area (Å²) in [6.07, 6.45) is 0. The van der Waals surface area contributed by atoms with Crippen molar-refractivity contribution in [1.82, 2.24) is 0 Å². The van der Waals surface area contributed by atoms with Crippen LogP contribution in [0.4, 0.5) is 13.2 Å². The average Bonchev–Trinajstić information content (AvgIpc) is 2.57. The molecule has 0 bridgehead atoms. The average molecular weight is 542 g/mol. The van der Waals surface area contributed by atoms with Crippen LogP contribution in [0.3, 0.4) is 0 Å². The Morgan fingerprint density at radius 3 is 1.24 bits per heavy atom. The third kappa shape index (κ3) is 5.95. The molecule has 2 aromatic rings. The van der Waals surface area contributed by atoms with Gasteiger partial charge in [0.1, 0.15) is 0 Å². The monoisotopic (exact) mass is 542 g/mol. The first kappa shape index (κ1) is 24.1. The normalized spacial score (nSPS) is 14.0. The van der Waals surface area contributed by atoms with E-state index in [4.69, 9.17) is 2.51 Å². The molecule has 0 spiro atoms. The van der Waals surface area contributed by atoms with Gasteiger partial charge in [0.2, 0.25) is 0 Å². The van der Waals surface area contributed by atoms with E-state index in [1.165, 1.54) is 0 Å². The SMILES string of the molecule is CC(C)(C)c1ccc(I(OS(=O)(=O)C(F)(F)F)c2ccc(C(C)(C)C)cc2)cc1. The summed E-state index contributed by atoms with van der Waals surface area (Å²) in [6, 6.07) is 14.0. The molecule has 0 saturated carbocycles. The Bertz CT molecular complexity index is 880. The number of hydrogen-bond donors (Lipinski definition) is 0. The Kier molecular flexibility index (Phi) is 6.81. The van der Waals surface area contributed by atoms with Crippen LogP contribution in [0.1, 0.15) is 52.7 Å². The van der Waals surface area contributed by atoms with E-state index in [2.05, 4.69) is 0 Å². The van der Waals surface area contributed by atoms with E-state index in [1.54, 1.807) is 24.3 Å². The van der Waals surface area contributed by atoms with E-state index < -0.39 is 35.9 Å². The molecular formula is C21H26F3IO3S. The number of halogens is 4. The first-order chi connectivity index (χ1) is 13.0. The number of benzene rings is 2. The maximum absolute atomic E-state index is 13.0. The van der Waals surface area contributed by atoms with Crippen LogP contribution in [-0.4, -0.2) is 13.9 Å². The molecule has 2 aromatic carbocycles. The van der Waals surface area contributed by atoms with Crippen LogP contribution in [0.5, 0.6) is 0 Å². The fourth-order valence-electron chi connectivity index (χ4n) is 2.45. The van der Waals surface area contributed by atoms with Gasteiger partial charge in [0.25, 0.3) is 0 Å². The van der Waals surface area contributed by atoms with Crippen LogP contribution in [0, 0.1) is 7.14 Å². The number of alkyl halides is 3. The molecular weight excluding hydrogens is 516 g/mol. The van der Waals surface area contributed by atoms with Crippen molar-refractivity contribution in [3.05, 3.63) is 66.8 Å². The molecule has 0 heterocycles. The first-order valence-electron chi connectivity index (χ1n) is 8.95. The molecule has 0 fully saturated rings. The second kappa shape index (κ2) is 8.19. The molecule has 0 aliphatic heterocycles. The summed E-state index contributed by atoms with van der Waals surface area (Å²) in [4.78, 5) is 0. The van der Waals surface area contributed by atoms with Gasteiger partial charge in [-0.25, -0.2) is 0 Å². The summed E-state index contributed by atoms with van der Waals surface area (Å²) < 4.78 is 68.2. The van der Waals surface area contributed by atoms with Crippen molar-refractivity contribution < 1.29 is 24.1 Å². The van der Waals surface area contributed by atoms with Crippen molar-refractivity contribution >= 4 is 30.4 Å². The van der Waals surface area contributed by atoms with Gasteiger partial charge >= 0.3 is 179 Å². The van der Waals surface area contributed by atoms with Crippen molar-refractivity contribution in [3.63, 3.8) is 0 Å². The molecule has 3 nitrogen and oxygen atoms in total. The van der Waals surface area contributed by atoms with Crippen molar-refractivity contribution in [2.45, 2.75) is 57.9 Å². The van der Waals surface area contributed by atoms with Gasteiger partial charge in [0.05, 0.1) is 0 Å². The van der Waals surface area contributed by atoms with Crippen molar-refractivity contribution in [2.24, 2.45) is 0 Å². The molecule has 29 heavy (non-hydrogen) atoms. The van der Waals surface area contributed by atoms with Gasteiger partial charge in [-0.15, -0.1) is 0 Å². The zero-order valence-electron chi connectivity index (χ0n) is 17.3. The first-order valence-corrected chi connectivity index (χ1v) is 13.4. The van der Waals surface area contributed by atoms with Gasteiger partial charge in [0.15, 0.2) is 0 Å². The van der Waals surface area contributed by atoms with Gasteiger partial charge in [-0.2, -0.15) is 0 Å². The molecule has 0 unspecified atom stereocenters. The Balaban J connectivity index is 2.52. The van der Waals surface area contributed by atoms with Crippen molar-refractivity contribution in [3.8, 4) is 0 Å². The number of hydrogen-bond acceptors (Lipinski definition) is 3. The summed E-state index contributed by atoms with van der Waals surface area (Å²) in [7, 11) is -5.70. The van der Waals surface area contributed by atoms with Crippen LogP contribution in [0.2, 0.25) is 0 Å². The fourth-order valence-corrected chi connectivity index (χ4v) is 8.85. The molecule has 0 atom stereocenters. The molecule has 0 aromatic heterocycles. The Morgan fingerprint density at radius 1 is 0.690 bits per heavy atom. The van der Waals surface area contributed by atoms with Gasteiger partial charge in [0, 0.05) is 0 Å².